The monoisotopic (exact) mass is 227 g/mol. The minimum absolute atomic E-state index is 0.445. The highest BCUT2D eigenvalue weighted by Crippen LogP contribution is 2.12. The van der Waals surface area contributed by atoms with Crippen LogP contribution < -0.4 is 5.73 Å². The van der Waals surface area contributed by atoms with Gasteiger partial charge in [0.2, 0.25) is 0 Å². The summed E-state index contributed by atoms with van der Waals surface area (Å²) in [5, 5.41) is 0. The van der Waals surface area contributed by atoms with Crippen LogP contribution in [0.15, 0.2) is 0 Å². The molecule has 96 valence electrons. The summed E-state index contributed by atoms with van der Waals surface area (Å²) in [6, 6.07) is 0. The Kier molecular flexibility index (Phi) is 10.9. The highest BCUT2D eigenvalue weighted by atomic mass is 16.1. The fourth-order valence-corrected chi connectivity index (χ4v) is 1.89. The van der Waals surface area contributed by atoms with E-state index in [0.717, 1.165) is 38.6 Å². The first kappa shape index (κ1) is 15.6. The van der Waals surface area contributed by atoms with Crippen molar-refractivity contribution in [1.82, 2.24) is 0 Å². The quantitative estimate of drug-likeness (QED) is 0.547. The van der Waals surface area contributed by atoms with Crippen LogP contribution in [0, 0.1) is 5.92 Å². The van der Waals surface area contributed by atoms with Crippen LogP contribution in [0.5, 0.6) is 0 Å². The van der Waals surface area contributed by atoms with Gasteiger partial charge in [-0.2, -0.15) is 0 Å². The maximum absolute atomic E-state index is 11.6. The summed E-state index contributed by atoms with van der Waals surface area (Å²) in [6.45, 7) is 5.14. The Morgan fingerprint density at radius 3 is 2.38 bits per heavy atom. The third-order valence-corrected chi connectivity index (χ3v) is 3.13. The molecule has 0 aliphatic rings. The van der Waals surface area contributed by atoms with Crippen LogP contribution in [0.2, 0.25) is 0 Å². The summed E-state index contributed by atoms with van der Waals surface area (Å²) >= 11 is 0. The van der Waals surface area contributed by atoms with E-state index in [0.29, 0.717) is 11.7 Å². The Labute approximate surface area is 101 Å². The van der Waals surface area contributed by atoms with Crippen molar-refractivity contribution >= 4 is 5.78 Å². The SMILES string of the molecule is CCCCCCCC(=O)CCC(C)CCN. The maximum atomic E-state index is 11.6. The van der Waals surface area contributed by atoms with E-state index in [1.54, 1.807) is 0 Å². The van der Waals surface area contributed by atoms with E-state index in [9.17, 15) is 4.79 Å². The molecule has 1 unspecified atom stereocenters. The van der Waals surface area contributed by atoms with Gasteiger partial charge in [-0.3, -0.25) is 4.79 Å². The van der Waals surface area contributed by atoms with Gasteiger partial charge in [0.05, 0.1) is 0 Å². The van der Waals surface area contributed by atoms with Crippen molar-refractivity contribution < 1.29 is 4.79 Å². The lowest BCUT2D eigenvalue weighted by Gasteiger charge is -2.08. The molecule has 0 radical (unpaired) electrons. The Hall–Kier alpha value is -0.370. The number of nitrogens with two attached hydrogens (primary N) is 1. The summed E-state index contributed by atoms with van der Waals surface area (Å²) in [4.78, 5) is 11.6. The van der Waals surface area contributed by atoms with E-state index in [-0.39, 0.29) is 0 Å². The molecule has 0 rings (SSSR count). The molecule has 2 heteroatoms. The van der Waals surface area contributed by atoms with Gasteiger partial charge in [-0.1, -0.05) is 39.5 Å². The molecular formula is C14H29NO. The van der Waals surface area contributed by atoms with E-state index in [1.165, 1.54) is 25.7 Å². The first-order chi connectivity index (χ1) is 7.70. The van der Waals surface area contributed by atoms with Gasteiger partial charge in [0, 0.05) is 12.8 Å². The van der Waals surface area contributed by atoms with Gasteiger partial charge in [0.1, 0.15) is 5.78 Å². The summed E-state index contributed by atoms with van der Waals surface area (Å²) < 4.78 is 0. The lowest BCUT2D eigenvalue weighted by Crippen LogP contribution is -2.08. The smallest absolute Gasteiger partial charge is 0.132 e. The van der Waals surface area contributed by atoms with Crippen molar-refractivity contribution in [3.05, 3.63) is 0 Å². The molecule has 0 aromatic heterocycles. The highest BCUT2D eigenvalue weighted by molar-refractivity contribution is 5.78. The van der Waals surface area contributed by atoms with E-state index in [1.807, 2.05) is 0 Å². The summed E-state index contributed by atoms with van der Waals surface area (Å²) in [5.41, 5.74) is 5.48. The molecule has 0 aliphatic heterocycles. The van der Waals surface area contributed by atoms with Crippen molar-refractivity contribution in [3.63, 3.8) is 0 Å². The van der Waals surface area contributed by atoms with Crippen LogP contribution in [-0.2, 0) is 4.79 Å². The van der Waals surface area contributed by atoms with Crippen LogP contribution in [0.25, 0.3) is 0 Å². The van der Waals surface area contributed by atoms with Gasteiger partial charge in [0.25, 0.3) is 0 Å². The molecule has 1 atom stereocenters. The van der Waals surface area contributed by atoms with Gasteiger partial charge < -0.3 is 5.73 Å². The maximum Gasteiger partial charge on any atom is 0.132 e. The molecule has 0 aromatic carbocycles. The zero-order valence-corrected chi connectivity index (χ0v) is 11.1. The van der Waals surface area contributed by atoms with Crippen LogP contribution in [0.4, 0.5) is 0 Å². The molecule has 0 bridgehead atoms. The van der Waals surface area contributed by atoms with Crippen molar-refractivity contribution in [1.29, 1.82) is 0 Å². The minimum Gasteiger partial charge on any atom is -0.330 e. The normalized spacial score (nSPS) is 12.7. The van der Waals surface area contributed by atoms with Crippen LogP contribution >= 0.6 is 0 Å². The number of hydrogen-bond donors (Lipinski definition) is 1. The molecule has 2 nitrogen and oxygen atoms in total. The van der Waals surface area contributed by atoms with Crippen molar-refractivity contribution in [2.24, 2.45) is 11.7 Å². The molecule has 16 heavy (non-hydrogen) atoms. The molecule has 0 aromatic rings. The average molecular weight is 227 g/mol. The molecule has 2 N–H and O–H groups in total. The van der Waals surface area contributed by atoms with Gasteiger partial charge in [-0.25, -0.2) is 0 Å². The highest BCUT2D eigenvalue weighted by Gasteiger charge is 2.06. The third kappa shape index (κ3) is 10.2. The summed E-state index contributed by atoms with van der Waals surface area (Å²) in [5.74, 6) is 1.05. The molecule has 0 fully saturated rings. The van der Waals surface area contributed by atoms with Gasteiger partial charge in [0.15, 0.2) is 0 Å². The molecule has 0 amide bonds. The zero-order valence-electron chi connectivity index (χ0n) is 11.1. The number of rotatable bonds is 11. The zero-order chi connectivity index (χ0) is 12.2. The number of ketones is 1. The van der Waals surface area contributed by atoms with E-state index in [2.05, 4.69) is 13.8 Å². The van der Waals surface area contributed by atoms with E-state index >= 15 is 0 Å². The average Bonchev–Trinajstić information content (AvgIpc) is 2.26. The van der Waals surface area contributed by atoms with E-state index < -0.39 is 0 Å². The van der Waals surface area contributed by atoms with Crippen molar-refractivity contribution in [3.8, 4) is 0 Å². The van der Waals surface area contributed by atoms with Crippen molar-refractivity contribution in [2.45, 2.75) is 71.6 Å². The largest absolute Gasteiger partial charge is 0.330 e. The Balaban J connectivity index is 3.30. The lowest BCUT2D eigenvalue weighted by molar-refractivity contribution is -0.119. The van der Waals surface area contributed by atoms with Crippen molar-refractivity contribution in [2.75, 3.05) is 6.54 Å². The minimum atomic E-state index is 0.445. The fraction of sp³-hybridized carbons (Fsp3) is 0.929. The number of hydrogen-bond acceptors (Lipinski definition) is 2. The number of carbonyl (C=O) groups excluding carboxylic acids is 1. The van der Waals surface area contributed by atoms with Crippen LogP contribution in [-0.4, -0.2) is 12.3 Å². The summed E-state index contributed by atoms with van der Waals surface area (Å²) in [6.07, 6.45) is 9.78. The number of Topliss-reactive ketones (excluding diaryl/α,β-unsaturated/α-hetero) is 1. The second-order valence-corrected chi connectivity index (χ2v) is 4.92. The first-order valence-electron chi connectivity index (χ1n) is 6.92. The second-order valence-electron chi connectivity index (χ2n) is 4.92. The predicted molar refractivity (Wildman–Crippen MR) is 70.5 cm³/mol. The van der Waals surface area contributed by atoms with Gasteiger partial charge >= 0.3 is 0 Å². The first-order valence-corrected chi connectivity index (χ1v) is 6.92. The number of unbranched alkanes of at least 4 members (excludes halogenated alkanes) is 4. The predicted octanol–water partition coefficient (Wildman–Crippen LogP) is 3.68. The molecular weight excluding hydrogens is 198 g/mol. The number of carbonyl (C=O) groups is 1. The van der Waals surface area contributed by atoms with Crippen LogP contribution in [0.3, 0.4) is 0 Å². The lowest BCUT2D eigenvalue weighted by atomic mass is 9.98. The van der Waals surface area contributed by atoms with E-state index in [4.69, 9.17) is 5.73 Å². The topological polar surface area (TPSA) is 43.1 Å². The molecule has 0 aliphatic carbocycles. The standard InChI is InChI=1S/C14H29NO/c1-3-4-5-6-7-8-14(16)10-9-13(2)11-12-15/h13H,3-12,15H2,1-2H3. The second kappa shape index (κ2) is 11.1. The third-order valence-electron chi connectivity index (χ3n) is 3.13. The summed E-state index contributed by atoms with van der Waals surface area (Å²) in [7, 11) is 0. The molecule has 0 heterocycles. The van der Waals surface area contributed by atoms with Gasteiger partial charge in [-0.15, -0.1) is 0 Å². The Morgan fingerprint density at radius 2 is 1.75 bits per heavy atom. The van der Waals surface area contributed by atoms with Crippen LogP contribution in [0.1, 0.15) is 71.6 Å². The molecule has 0 saturated heterocycles. The fourth-order valence-electron chi connectivity index (χ4n) is 1.89. The molecule has 0 saturated carbocycles. The Bertz CT molecular complexity index is 168. The molecule has 0 spiro atoms. The Morgan fingerprint density at radius 1 is 1.06 bits per heavy atom. The van der Waals surface area contributed by atoms with Gasteiger partial charge in [-0.05, 0) is 31.7 Å².